The van der Waals surface area contributed by atoms with Crippen LogP contribution in [0.2, 0.25) is 0 Å². The van der Waals surface area contributed by atoms with Crippen molar-refractivity contribution in [1.82, 2.24) is 10.9 Å². The molecular weight excluding hydrogens is 276 g/mol. The van der Waals surface area contributed by atoms with Crippen LogP contribution in [0.5, 0.6) is 0 Å². The molecule has 0 radical (unpaired) electrons. The number of thiophene rings is 1. The van der Waals surface area contributed by atoms with Gasteiger partial charge in [0.05, 0.1) is 11.1 Å². The average Bonchev–Trinajstić information content (AvgIpc) is 3.07. The third-order valence-electron chi connectivity index (χ3n) is 2.80. The molecule has 5 nitrogen and oxygen atoms in total. The molecule has 0 aromatic carbocycles. The summed E-state index contributed by atoms with van der Waals surface area (Å²) in [5, 5.41) is 0. The standard InChI is InChI=1S/C14H16N2O3S/c1-3-5-10-8-12(20-9(10)2)14(18)16-15-13(17)11-6-4-7-19-11/h4,6-8H,3,5H2,1-2H3,(H,15,17)(H,16,18). The fourth-order valence-corrected chi connectivity index (χ4v) is 2.76. The van der Waals surface area contributed by atoms with Gasteiger partial charge in [-0.05, 0) is 37.1 Å². The van der Waals surface area contributed by atoms with E-state index in [9.17, 15) is 9.59 Å². The molecule has 2 rings (SSSR count). The van der Waals surface area contributed by atoms with Gasteiger partial charge in [-0.15, -0.1) is 11.3 Å². The minimum Gasteiger partial charge on any atom is -0.459 e. The summed E-state index contributed by atoms with van der Waals surface area (Å²) in [6.45, 7) is 4.09. The van der Waals surface area contributed by atoms with Gasteiger partial charge in [-0.25, -0.2) is 0 Å². The molecule has 6 heteroatoms. The van der Waals surface area contributed by atoms with E-state index in [-0.39, 0.29) is 11.7 Å². The van der Waals surface area contributed by atoms with Crippen molar-refractivity contribution in [2.75, 3.05) is 0 Å². The highest BCUT2D eigenvalue weighted by atomic mass is 32.1. The zero-order valence-corrected chi connectivity index (χ0v) is 12.2. The molecule has 2 N–H and O–H groups in total. The zero-order chi connectivity index (χ0) is 14.5. The van der Waals surface area contributed by atoms with Crippen LogP contribution in [0.1, 0.15) is 44.0 Å². The van der Waals surface area contributed by atoms with Crippen LogP contribution >= 0.6 is 11.3 Å². The van der Waals surface area contributed by atoms with Crippen LogP contribution in [0, 0.1) is 6.92 Å². The number of hydrogen-bond donors (Lipinski definition) is 2. The maximum Gasteiger partial charge on any atom is 0.305 e. The number of carbonyl (C=O) groups excluding carboxylic acids is 2. The quantitative estimate of drug-likeness (QED) is 0.851. The lowest BCUT2D eigenvalue weighted by Crippen LogP contribution is -2.41. The van der Waals surface area contributed by atoms with E-state index >= 15 is 0 Å². The van der Waals surface area contributed by atoms with Crippen molar-refractivity contribution in [2.45, 2.75) is 26.7 Å². The summed E-state index contributed by atoms with van der Waals surface area (Å²) < 4.78 is 4.93. The number of rotatable bonds is 4. The van der Waals surface area contributed by atoms with Gasteiger partial charge >= 0.3 is 5.91 Å². The molecule has 2 heterocycles. The monoisotopic (exact) mass is 292 g/mol. The molecule has 0 unspecified atom stereocenters. The van der Waals surface area contributed by atoms with Crippen molar-refractivity contribution in [3.63, 3.8) is 0 Å². The van der Waals surface area contributed by atoms with Crippen molar-refractivity contribution >= 4 is 23.2 Å². The largest absolute Gasteiger partial charge is 0.459 e. The topological polar surface area (TPSA) is 71.3 Å². The van der Waals surface area contributed by atoms with Gasteiger partial charge in [0.1, 0.15) is 0 Å². The highest BCUT2D eigenvalue weighted by Gasteiger charge is 2.14. The third kappa shape index (κ3) is 3.27. The summed E-state index contributed by atoms with van der Waals surface area (Å²) in [5.41, 5.74) is 5.88. The predicted molar refractivity (Wildman–Crippen MR) is 76.7 cm³/mol. The minimum absolute atomic E-state index is 0.152. The summed E-state index contributed by atoms with van der Waals surface area (Å²) in [7, 11) is 0. The first-order chi connectivity index (χ1) is 9.61. The van der Waals surface area contributed by atoms with Gasteiger partial charge in [0.2, 0.25) is 0 Å². The molecule has 0 saturated heterocycles. The number of carbonyl (C=O) groups is 2. The van der Waals surface area contributed by atoms with E-state index in [4.69, 9.17) is 4.42 Å². The maximum absolute atomic E-state index is 11.9. The Morgan fingerprint density at radius 3 is 2.70 bits per heavy atom. The van der Waals surface area contributed by atoms with Gasteiger partial charge in [0.25, 0.3) is 5.91 Å². The Labute approximate surface area is 121 Å². The van der Waals surface area contributed by atoms with Crippen LogP contribution in [0.4, 0.5) is 0 Å². The average molecular weight is 292 g/mol. The number of furan rings is 1. The van der Waals surface area contributed by atoms with E-state index < -0.39 is 5.91 Å². The molecule has 0 aliphatic rings. The molecule has 0 fully saturated rings. The van der Waals surface area contributed by atoms with Crippen molar-refractivity contribution < 1.29 is 14.0 Å². The zero-order valence-electron chi connectivity index (χ0n) is 11.4. The highest BCUT2D eigenvalue weighted by Crippen LogP contribution is 2.22. The normalized spacial score (nSPS) is 10.3. The molecule has 2 aromatic heterocycles. The lowest BCUT2D eigenvalue weighted by molar-refractivity contribution is 0.0833. The Morgan fingerprint density at radius 2 is 2.05 bits per heavy atom. The van der Waals surface area contributed by atoms with Crippen LogP contribution in [-0.4, -0.2) is 11.8 Å². The number of hydrogen-bond acceptors (Lipinski definition) is 4. The molecule has 20 heavy (non-hydrogen) atoms. The highest BCUT2D eigenvalue weighted by molar-refractivity contribution is 7.14. The Balaban J connectivity index is 1.95. The Hall–Kier alpha value is -2.08. The van der Waals surface area contributed by atoms with Crippen LogP contribution < -0.4 is 10.9 Å². The van der Waals surface area contributed by atoms with Gasteiger partial charge in [-0.3, -0.25) is 20.4 Å². The fraction of sp³-hybridized carbons (Fsp3) is 0.286. The number of nitrogens with one attached hydrogen (secondary N) is 2. The Bertz CT molecular complexity index is 602. The Kier molecular flexibility index (Phi) is 4.57. The minimum atomic E-state index is -0.481. The molecule has 0 aliphatic carbocycles. The lowest BCUT2D eigenvalue weighted by atomic mass is 10.1. The van der Waals surface area contributed by atoms with Gasteiger partial charge in [-0.2, -0.15) is 0 Å². The molecular formula is C14H16N2O3S. The van der Waals surface area contributed by atoms with Crippen molar-refractivity contribution in [1.29, 1.82) is 0 Å². The van der Waals surface area contributed by atoms with E-state index in [0.29, 0.717) is 4.88 Å². The second-order valence-corrected chi connectivity index (χ2v) is 5.58. The molecule has 0 atom stereocenters. The van der Waals surface area contributed by atoms with E-state index in [1.807, 2.05) is 13.0 Å². The van der Waals surface area contributed by atoms with Crippen LogP contribution in [0.3, 0.4) is 0 Å². The molecule has 0 spiro atoms. The van der Waals surface area contributed by atoms with E-state index in [2.05, 4.69) is 17.8 Å². The number of hydrazine groups is 1. The lowest BCUT2D eigenvalue weighted by Gasteiger charge is -2.03. The third-order valence-corrected chi connectivity index (χ3v) is 3.89. The van der Waals surface area contributed by atoms with E-state index in [1.54, 1.807) is 6.07 Å². The summed E-state index contributed by atoms with van der Waals surface area (Å²) >= 11 is 1.42. The van der Waals surface area contributed by atoms with Crippen LogP contribution in [0.15, 0.2) is 28.9 Å². The van der Waals surface area contributed by atoms with Crippen molar-refractivity contribution in [3.8, 4) is 0 Å². The van der Waals surface area contributed by atoms with E-state index in [0.717, 1.165) is 17.7 Å². The molecule has 0 saturated carbocycles. The van der Waals surface area contributed by atoms with Gasteiger partial charge in [-0.1, -0.05) is 13.3 Å². The predicted octanol–water partition coefficient (Wildman–Crippen LogP) is 2.68. The van der Waals surface area contributed by atoms with Crippen LogP contribution in [0.25, 0.3) is 0 Å². The van der Waals surface area contributed by atoms with Gasteiger partial charge < -0.3 is 4.42 Å². The number of amides is 2. The van der Waals surface area contributed by atoms with E-state index in [1.165, 1.54) is 29.2 Å². The first kappa shape index (κ1) is 14.3. The van der Waals surface area contributed by atoms with Gasteiger partial charge in [0, 0.05) is 4.88 Å². The first-order valence-corrected chi connectivity index (χ1v) is 7.17. The molecule has 0 bridgehead atoms. The Morgan fingerprint density at radius 1 is 1.30 bits per heavy atom. The molecule has 106 valence electrons. The molecule has 2 aromatic rings. The first-order valence-electron chi connectivity index (χ1n) is 6.35. The molecule has 2 amide bonds. The summed E-state index contributed by atoms with van der Waals surface area (Å²) in [6, 6.07) is 5.00. The van der Waals surface area contributed by atoms with Crippen molar-refractivity contribution in [2.24, 2.45) is 0 Å². The summed E-state index contributed by atoms with van der Waals surface area (Å²) in [5.74, 6) is -0.648. The SMILES string of the molecule is CCCc1cc(C(=O)NNC(=O)c2ccco2)sc1C. The molecule has 0 aliphatic heterocycles. The smallest absolute Gasteiger partial charge is 0.305 e. The second kappa shape index (κ2) is 6.38. The van der Waals surface area contributed by atoms with Crippen LogP contribution in [-0.2, 0) is 6.42 Å². The van der Waals surface area contributed by atoms with Gasteiger partial charge in [0.15, 0.2) is 5.76 Å². The summed E-state index contributed by atoms with van der Waals surface area (Å²) in [6.07, 6.45) is 3.39. The summed E-state index contributed by atoms with van der Waals surface area (Å²) in [4.78, 5) is 25.3. The number of aryl methyl sites for hydroxylation is 2. The van der Waals surface area contributed by atoms with Crippen molar-refractivity contribution in [3.05, 3.63) is 45.5 Å². The second-order valence-electron chi connectivity index (χ2n) is 4.33. The maximum atomic E-state index is 11.9. The fourth-order valence-electron chi connectivity index (χ4n) is 1.79.